The highest BCUT2D eigenvalue weighted by atomic mass is 32.2. The third-order valence-corrected chi connectivity index (χ3v) is 7.02. The summed E-state index contributed by atoms with van der Waals surface area (Å²) in [7, 11) is 1.32. The zero-order valence-corrected chi connectivity index (χ0v) is 23.9. The molecule has 3 atom stereocenters. The first kappa shape index (κ1) is 32.2. The molecule has 0 aliphatic rings. The summed E-state index contributed by atoms with van der Waals surface area (Å²) in [5.41, 5.74) is 0.995. The average Bonchev–Trinajstić information content (AvgIpc) is 2.89. The van der Waals surface area contributed by atoms with Crippen LogP contribution >= 0.6 is 11.8 Å². The van der Waals surface area contributed by atoms with Crippen molar-refractivity contribution in [3.05, 3.63) is 88.5 Å². The number of methoxy groups -OCH3 is 1. The van der Waals surface area contributed by atoms with Gasteiger partial charge in [0.15, 0.2) is 11.5 Å². The predicted molar refractivity (Wildman–Crippen MR) is 148 cm³/mol. The molecule has 40 heavy (non-hydrogen) atoms. The van der Waals surface area contributed by atoms with Crippen molar-refractivity contribution in [1.29, 1.82) is 0 Å². The van der Waals surface area contributed by atoms with Crippen LogP contribution in [0, 0.1) is 18.6 Å². The molecule has 0 radical (unpaired) electrons. The van der Waals surface area contributed by atoms with E-state index in [1.165, 1.54) is 56.1 Å². The molecule has 1 amide bonds. The molecule has 2 aromatic rings. The van der Waals surface area contributed by atoms with Gasteiger partial charge in [-0.1, -0.05) is 6.07 Å². The topological polar surface area (TPSA) is 103 Å². The lowest BCUT2D eigenvalue weighted by molar-refractivity contribution is -0.151. The maximum Gasteiger partial charge on any atom is 0.328 e. The highest BCUT2D eigenvalue weighted by Crippen LogP contribution is 2.40. The zero-order chi connectivity index (χ0) is 30.0. The minimum Gasteiger partial charge on any atom is -0.493 e. The number of nitrogens with zero attached hydrogens (tertiary/aromatic N) is 1. The number of nitrogens with one attached hydrogen (secondary N) is 1. The van der Waals surface area contributed by atoms with Crippen molar-refractivity contribution in [2.45, 2.75) is 56.9 Å². The van der Waals surface area contributed by atoms with Crippen LogP contribution in [0.3, 0.4) is 0 Å². The predicted octanol–water partition coefficient (Wildman–Crippen LogP) is 5.57. The molecule has 0 fully saturated rings. The Bertz CT molecular complexity index is 1310. The Morgan fingerprint density at radius 2 is 1.70 bits per heavy atom. The molecule has 0 spiro atoms. The SMILES string of the molecule is C=N/C(C(=O)N[C@@H](C)C(=O)O[C@@H](C)[C@H](Sc1ccc(F)cc1)c1ccc(F)cc1C)=C(OC(C)=O)\C(=C/C)OC. The standard InChI is InChI=1S/C29H32F2N2O6S/c1-8-24(37-7)26(39-19(5)34)25(32-6)28(35)33-17(3)29(36)38-18(4)27(23-14-11-21(31)15-16(23)2)40-22-12-9-20(30)10-13-22/h8-15,17-18,27H,6H2,1-5,7H3,(H,33,35)/b24-8+,26-25+/t17-,18-,27-/m0/s1. The molecule has 2 rings (SSSR count). The van der Waals surface area contributed by atoms with Crippen molar-refractivity contribution in [1.82, 2.24) is 5.32 Å². The Labute approximate surface area is 236 Å². The first-order valence-corrected chi connectivity index (χ1v) is 13.1. The molecule has 0 heterocycles. The molecule has 0 bridgehead atoms. The third kappa shape index (κ3) is 8.77. The number of carbonyl (C=O) groups is 3. The van der Waals surface area contributed by atoms with Crippen LogP contribution in [0.25, 0.3) is 0 Å². The number of hydrogen-bond donors (Lipinski definition) is 1. The van der Waals surface area contributed by atoms with Gasteiger partial charge in [-0.2, -0.15) is 0 Å². The molecule has 214 valence electrons. The number of halogens is 2. The Kier molecular flexibility index (Phi) is 12.1. The maximum atomic E-state index is 13.8. The van der Waals surface area contributed by atoms with E-state index < -0.39 is 46.9 Å². The number of amides is 1. The van der Waals surface area contributed by atoms with Gasteiger partial charge in [0.2, 0.25) is 5.76 Å². The Hall–Kier alpha value is -3.99. The lowest BCUT2D eigenvalue weighted by atomic mass is 10.0. The third-order valence-electron chi connectivity index (χ3n) is 5.58. The van der Waals surface area contributed by atoms with Gasteiger partial charge >= 0.3 is 11.9 Å². The fourth-order valence-corrected chi connectivity index (χ4v) is 4.87. The van der Waals surface area contributed by atoms with E-state index in [2.05, 4.69) is 17.0 Å². The summed E-state index contributed by atoms with van der Waals surface area (Å²) >= 11 is 1.32. The second-order valence-electron chi connectivity index (χ2n) is 8.62. The van der Waals surface area contributed by atoms with Crippen molar-refractivity contribution >= 4 is 36.3 Å². The summed E-state index contributed by atoms with van der Waals surface area (Å²) < 4.78 is 43.3. The van der Waals surface area contributed by atoms with Crippen LogP contribution < -0.4 is 5.32 Å². The van der Waals surface area contributed by atoms with Crippen LogP contribution in [0.4, 0.5) is 8.78 Å². The molecule has 2 aromatic carbocycles. The Morgan fingerprint density at radius 3 is 2.23 bits per heavy atom. The van der Waals surface area contributed by atoms with Gasteiger partial charge in [0.05, 0.1) is 12.4 Å². The number of rotatable bonds is 12. The van der Waals surface area contributed by atoms with Crippen LogP contribution in [0.15, 0.2) is 75.6 Å². The van der Waals surface area contributed by atoms with Gasteiger partial charge in [-0.15, -0.1) is 11.8 Å². The average molecular weight is 575 g/mol. The molecule has 0 saturated heterocycles. The van der Waals surface area contributed by atoms with Gasteiger partial charge in [-0.25, -0.2) is 13.6 Å². The Balaban J connectivity index is 2.29. The fraction of sp³-hybridized carbons (Fsp3) is 0.310. The quantitative estimate of drug-likeness (QED) is 0.0883. The summed E-state index contributed by atoms with van der Waals surface area (Å²) in [6.45, 7) is 10.9. The summed E-state index contributed by atoms with van der Waals surface area (Å²) in [6.07, 6.45) is 0.713. The van der Waals surface area contributed by atoms with E-state index in [1.54, 1.807) is 39.0 Å². The molecule has 0 saturated carbocycles. The molecule has 0 aromatic heterocycles. The second-order valence-corrected chi connectivity index (χ2v) is 9.83. The van der Waals surface area contributed by atoms with Crippen LogP contribution in [-0.2, 0) is 28.6 Å². The number of allylic oxidation sites excluding steroid dienone is 1. The van der Waals surface area contributed by atoms with Gasteiger partial charge in [-0.05, 0) is 88.0 Å². The van der Waals surface area contributed by atoms with Crippen LogP contribution in [-0.4, -0.2) is 43.8 Å². The van der Waals surface area contributed by atoms with Crippen molar-refractivity contribution in [3.8, 4) is 0 Å². The van der Waals surface area contributed by atoms with Crippen molar-refractivity contribution in [2.24, 2.45) is 4.99 Å². The maximum absolute atomic E-state index is 13.8. The number of ether oxygens (including phenoxy) is 3. The van der Waals surface area contributed by atoms with Gasteiger partial charge in [-0.3, -0.25) is 14.6 Å². The lowest BCUT2D eigenvalue weighted by Gasteiger charge is -2.27. The van der Waals surface area contributed by atoms with E-state index in [9.17, 15) is 23.2 Å². The number of aryl methyl sites for hydroxylation is 1. The molecule has 0 aliphatic carbocycles. The Morgan fingerprint density at radius 1 is 1.07 bits per heavy atom. The number of hydrogen-bond acceptors (Lipinski definition) is 8. The molecular weight excluding hydrogens is 542 g/mol. The largest absolute Gasteiger partial charge is 0.493 e. The van der Waals surface area contributed by atoms with E-state index in [0.29, 0.717) is 10.5 Å². The van der Waals surface area contributed by atoms with Crippen LogP contribution in [0.5, 0.6) is 0 Å². The first-order valence-electron chi connectivity index (χ1n) is 12.2. The molecule has 0 aliphatic heterocycles. The van der Waals surface area contributed by atoms with E-state index >= 15 is 0 Å². The smallest absolute Gasteiger partial charge is 0.328 e. The highest BCUT2D eigenvalue weighted by molar-refractivity contribution is 7.99. The second kappa shape index (κ2) is 15.0. The monoisotopic (exact) mass is 574 g/mol. The first-order chi connectivity index (χ1) is 18.9. The highest BCUT2D eigenvalue weighted by Gasteiger charge is 2.30. The summed E-state index contributed by atoms with van der Waals surface area (Å²) in [5.74, 6) is -3.34. The van der Waals surface area contributed by atoms with Gasteiger partial charge in [0, 0.05) is 11.8 Å². The molecular formula is C29H32F2N2O6S. The minimum atomic E-state index is -1.15. The van der Waals surface area contributed by atoms with Gasteiger partial charge in [0.1, 0.15) is 23.8 Å². The normalized spacial score (nSPS) is 14.2. The number of thioether (sulfide) groups is 1. The van der Waals surface area contributed by atoms with Crippen molar-refractivity contribution in [2.75, 3.05) is 7.11 Å². The van der Waals surface area contributed by atoms with Crippen molar-refractivity contribution in [3.63, 3.8) is 0 Å². The van der Waals surface area contributed by atoms with E-state index in [0.717, 1.165) is 12.5 Å². The number of esters is 2. The molecule has 11 heteroatoms. The van der Waals surface area contributed by atoms with E-state index in [-0.39, 0.29) is 17.2 Å². The van der Waals surface area contributed by atoms with Gasteiger partial charge < -0.3 is 19.5 Å². The summed E-state index contributed by atoms with van der Waals surface area (Å²) in [5, 5.41) is 1.98. The fourth-order valence-electron chi connectivity index (χ4n) is 3.65. The van der Waals surface area contributed by atoms with Crippen LogP contribution in [0.1, 0.15) is 44.1 Å². The number of carbonyl (C=O) groups excluding carboxylic acids is 3. The van der Waals surface area contributed by atoms with Crippen molar-refractivity contribution < 1.29 is 37.4 Å². The number of benzene rings is 2. The molecule has 0 unspecified atom stereocenters. The van der Waals surface area contributed by atoms with E-state index in [4.69, 9.17) is 14.2 Å². The summed E-state index contributed by atoms with van der Waals surface area (Å²) in [6, 6.07) is 8.98. The van der Waals surface area contributed by atoms with E-state index in [1.807, 2.05) is 0 Å². The lowest BCUT2D eigenvalue weighted by Crippen LogP contribution is -2.42. The summed E-state index contributed by atoms with van der Waals surface area (Å²) in [4.78, 5) is 42.0. The minimum absolute atomic E-state index is 0.0620. The number of aliphatic imine (C=N–C) groups is 1. The molecule has 8 nitrogen and oxygen atoms in total. The zero-order valence-electron chi connectivity index (χ0n) is 23.1. The van der Waals surface area contributed by atoms with Gasteiger partial charge in [0.25, 0.3) is 5.91 Å². The van der Waals surface area contributed by atoms with Crippen LogP contribution in [0.2, 0.25) is 0 Å². The molecule has 1 N–H and O–H groups in total.